The molecule has 1 saturated heterocycles. The summed E-state index contributed by atoms with van der Waals surface area (Å²) in [4.78, 5) is 11.8. The number of hydrogen-bond acceptors (Lipinski definition) is 7. The van der Waals surface area contributed by atoms with Gasteiger partial charge in [0.2, 0.25) is 11.7 Å². The predicted octanol–water partition coefficient (Wildman–Crippen LogP) is 3.14. The molecule has 1 N–H and O–H groups in total. The average molecular weight is 356 g/mol. The fourth-order valence-electron chi connectivity index (χ4n) is 3.25. The molecule has 7 heteroatoms. The van der Waals surface area contributed by atoms with Crippen LogP contribution in [0.5, 0.6) is 0 Å². The summed E-state index contributed by atoms with van der Waals surface area (Å²) < 4.78 is 5.38. The smallest absolute Gasteiger partial charge is 0.241 e. The Morgan fingerprint density at radius 2 is 2.04 bits per heavy atom. The highest BCUT2D eigenvalue weighted by atomic mass is 32.1. The van der Waals surface area contributed by atoms with Crippen molar-refractivity contribution in [3.05, 3.63) is 52.8 Å². The first-order valence-corrected chi connectivity index (χ1v) is 9.34. The molecule has 0 saturated carbocycles. The van der Waals surface area contributed by atoms with Gasteiger partial charge >= 0.3 is 0 Å². The van der Waals surface area contributed by atoms with E-state index in [1.165, 1.54) is 0 Å². The largest absolute Gasteiger partial charge is 0.387 e. The summed E-state index contributed by atoms with van der Waals surface area (Å²) >= 11 is 1.63. The van der Waals surface area contributed by atoms with Gasteiger partial charge in [0.1, 0.15) is 0 Å². The Hall–Kier alpha value is -2.09. The molecule has 0 radical (unpaired) electrons. The second-order valence-electron chi connectivity index (χ2n) is 6.32. The van der Waals surface area contributed by atoms with Gasteiger partial charge in [-0.25, -0.2) is 0 Å². The molecule has 0 bridgehead atoms. The monoisotopic (exact) mass is 356 g/mol. The van der Waals surface area contributed by atoms with Crippen LogP contribution in [-0.4, -0.2) is 38.2 Å². The lowest BCUT2D eigenvalue weighted by atomic mass is 9.90. The van der Waals surface area contributed by atoms with Crippen molar-refractivity contribution in [3.8, 4) is 11.4 Å². The summed E-state index contributed by atoms with van der Waals surface area (Å²) in [5, 5.41) is 16.6. The second kappa shape index (κ2) is 7.43. The molecule has 6 nitrogen and oxygen atoms in total. The Morgan fingerprint density at radius 3 is 2.76 bits per heavy atom. The first-order valence-electron chi connectivity index (χ1n) is 8.46. The molecular formula is C18H20N4O2S. The highest BCUT2D eigenvalue weighted by Crippen LogP contribution is 2.33. The minimum Gasteiger partial charge on any atom is -0.387 e. The average Bonchev–Trinajstić information content (AvgIpc) is 3.35. The molecule has 4 heterocycles. The van der Waals surface area contributed by atoms with Gasteiger partial charge in [-0.2, -0.15) is 4.98 Å². The van der Waals surface area contributed by atoms with Gasteiger partial charge in [-0.3, -0.25) is 9.88 Å². The van der Waals surface area contributed by atoms with Crippen LogP contribution < -0.4 is 0 Å². The molecule has 1 aliphatic heterocycles. The SMILES string of the molecule is O[C@H](c1cccs1)C1CCN(Cc2nc(-c3ccncc3)no2)CC1. The zero-order valence-corrected chi connectivity index (χ0v) is 14.6. The van der Waals surface area contributed by atoms with E-state index in [-0.39, 0.29) is 6.10 Å². The quantitative estimate of drug-likeness (QED) is 0.757. The number of likely N-dealkylation sites (tertiary alicyclic amines) is 1. The van der Waals surface area contributed by atoms with E-state index >= 15 is 0 Å². The van der Waals surface area contributed by atoms with Crippen LogP contribution in [-0.2, 0) is 6.54 Å². The number of nitrogens with zero attached hydrogens (tertiary/aromatic N) is 4. The minimum atomic E-state index is -0.344. The maximum Gasteiger partial charge on any atom is 0.241 e. The molecule has 0 spiro atoms. The molecule has 0 aromatic carbocycles. The van der Waals surface area contributed by atoms with Gasteiger partial charge in [0.05, 0.1) is 12.6 Å². The van der Waals surface area contributed by atoms with Gasteiger partial charge in [-0.15, -0.1) is 11.3 Å². The fraction of sp³-hybridized carbons (Fsp3) is 0.389. The lowest BCUT2D eigenvalue weighted by Crippen LogP contribution is -2.35. The van der Waals surface area contributed by atoms with Gasteiger partial charge in [0.15, 0.2) is 0 Å². The van der Waals surface area contributed by atoms with Crippen LogP contribution in [0.2, 0.25) is 0 Å². The van der Waals surface area contributed by atoms with Gasteiger partial charge in [0, 0.05) is 22.8 Å². The summed E-state index contributed by atoms with van der Waals surface area (Å²) in [6.07, 6.45) is 5.04. The lowest BCUT2D eigenvalue weighted by molar-refractivity contribution is 0.0560. The van der Waals surface area contributed by atoms with Crippen molar-refractivity contribution in [2.45, 2.75) is 25.5 Å². The molecule has 0 amide bonds. The molecule has 1 aliphatic rings. The predicted molar refractivity (Wildman–Crippen MR) is 94.8 cm³/mol. The number of pyridine rings is 1. The number of aromatic nitrogens is 3. The normalized spacial score (nSPS) is 17.6. The molecule has 4 rings (SSSR count). The van der Waals surface area contributed by atoms with E-state index in [2.05, 4.69) is 20.0 Å². The molecule has 130 valence electrons. The third-order valence-corrected chi connectivity index (χ3v) is 5.62. The van der Waals surface area contributed by atoms with Crippen molar-refractivity contribution in [2.24, 2.45) is 5.92 Å². The van der Waals surface area contributed by atoms with Crippen LogP contribution in [0.3, 0.4) is 0 Å². The number of rotatable bonds is 5. The van der Waals surface area contributed by atoms with Crippen LogP contribution in [0.4, 0.5) is 0 Å². The summed E-state index contributed by atoms with van der Waals surface area (Å²) in [5.74, 6) is 1.55. The summed E-state index contributed by atoms with van der Waals surface area (Å²) in [6, 6.07) is 7.74. The van der Waals surface area contributed by atoms with E-state index in [1.807, 2.05) is 29.6 Å². The summed E-state index contributed by atoms with van der Waals surface area (Å²) in [7, 11) is 0. The number of thiophene rings is 1. The maximum absolute atomic E-state index is 10.5. The number of hydrogen-bond donors (Lipinski definition) is 1. The molecule has 3 aromatic rings. The maximum atomic E-state index is 10.5. The van der Waals surface area contributed by atoms with E-state index in [9.17, 15) is 5.11 Å². The van der Waals surface area contributed by atoms with E-state index < -0.39 is 0 Å². The second-order valence-corrected chi connectivity index (χ2v) is 7.30. The Labute approximate surface area is 150 Å². The van der Waals surface area contributed by atoms with Crippen molar-refractivity contribution in [1.82, 2.24) is 20.0 Å². The molecule has 1 fully saturated rings. The Balaban J connectivity index is 1.32. The van der Waals surface area contributed by atoms with Gasteiger partial charge < -0.3 is 9.63 Å². The highest BCUT2D eigenvalue weighted by Gasteiger charge is 2.27. The number of aliphatic hydroxyl groups excluding tert-OH is 1. The molecule has 0 aliphatic carbocycles. The standard InChI is InChI=1S/C18H20N4O2S/c23-17(15-2-1-11-25-15)13-5-9-22(10-6-13)12-16-20-18(21-24-16)14-3-7-19-8-4-14/h1-4,7-8,11,13,17,23H,5-6,9-10,12H2/t17-/m0/s1. The molecule has 25 heavy (non-hydrogen) atoms. The first kappa shape index (κ1) is 16.4. The summed E-state index contributed by atoms with van der Waals surface area (Å²) in [6.45, 7) is 2.51. The molecular weight excluding hydrogens is 336 g/mol. The molecule has 0 unspecified atom stereocenters. The van der Waals surface area contributed by atoms with Crippen LogP contribution in [0.15, 0.2) is 46.6 Å². The zero-order chi connectivity index (χ0) is 17.1. The number of aliphatic hydroxyl groups is 1. The molecule has 3 aromatic heterocycles. The first-order chi connectivity index (χ1) is 12.3. The third kappa shape index (κ3) is 3.78. The van der Waals surface area contributed by atoms with Crippen molar-refractivity contribution in [2.75, 3.05) is 13.1 Å². The highest BCUT2D eigenvalue weighted by molar-refractivity contribution is 7.10. The third-order valence-electron chi connectivity index (χ3n) is 4.68. The van der Waals surface area contributed by atoms with Crippen molar-refractivity contribution in [3.63, 3.8) is 0 Å². The van der Waals surface area contributed by atoms with Crippen molar-refractivity contribution in [1.29, 1.82) is 0 Å². The Morgan fingerprint density at radius 1 is 1.24 bits per heavy atom. The topological polar surface area (TPSA) is 75.3 Å². The van der Waals surface area contributed by atoms with Gasteiger partial charge in [-0.05, 0) is 55.4 Å². The van der Waals surface area contributed by atoms with E-state index in [0.717, 1.165) is 36.4 Å². The van der Waals surface area contributed by atoms with Gasteiger partial charge in [0.25, 0.3) is 0 Å². The zero-order valence-electron chi connectivity index (χ0n) is 13.8. The molecule has 1 atom stereocenters. The summed E-state index contributed by atoms with van der Waals surface area (Å²) in [5.41, 5.74) is 0.905. The van der Waals surface area contributed by atoms with Crippen LogP contribution in [0.25, 0.3) is 11.4 Å². The fourth-order valence-corrected chi connectivity index (χ4v) is 4.05. The van der Waals surface area contributed by atoms with E-state index in [4.69, 9.17) is 4.52 Å². The van der Waals surface area contributed by atoms with E-state index in [1.54, 1.807) is 23.7 Å². The van der Waals surface area contributed by atoms with Crippen LogP contribution in [0.1, 0.15) is 29.7 Å². The Kier molecular flexibility index (Phi) is 4.87. The van der Waals surface area contributed by atoms with Crippen LogP contribution in [0, 0.1) is 5.92 Å². The van der Waals surface area contributed by atoms with Crippen LogP contribution >= 0.6 is 11.3 Å². The van der Waals surface area contributed by atoms with Gasteiger partial charge in [-0.1, -0.05) is 11.2 Å². The minimum absolute atomic E-state index is 0.324. The van der Waals surface area contributed by atoms with Crippen molar-refractivity contribution < 1.29 is 9.63 Å². The lowest BCUT2D eigenvalue weighted by Gasteiger charge is -2.33. The number of piperidine rings is 1. The van der Waals surface area contributed by atoms with Crippen molar-refractivity contribution >= 4 is 11.3 Å². The van der Waals surface area contributed by atoms with E-state index in [0.29, 0.717) is 24.2 Å². The Bertz CT molecular complexity index is 783.